The molecule has 1 aromatic rings. The van der Waals surface area contributed by atoms with Crippen LogP contribution < -0.4 is 10.9 Å². The summed E-state index contributed by atoms with van der Waals surface area (Å²) in [4.78, 5) is 22.2. The lowest BCUT2D eigenvalue weighted by Crippen LogP contribution is -2.21. The number of amides is 1. The van der Waals surface area contributed by atoms with Gasteiger partial charge in [0.15, 0.2) is 0 Å². The lowest BCUT2D eigenvalue weighted by Gasteiger charge is -2.00. The van der Waals surface area contributed by atoms with Gasteiger partial charge in [-0.05, 0) is 40.9 Å². The van der Waals surface area contributed by atoms with Crippen LogP contribution in [0.1, 0.15) is 31.2 Å². The molecule has 0 aliphatic carbocycles. The number of hydrogen-bond acceptors (Lipinski definition) is 3. The van der Waals surface area contributed by atoms with Crippen molar-refractivity contribution in [1.82, 2.24) is 5.32 Å². The van der Waals surface area contributed by atoms with Gasteiger partial charge in [0.05, 0.1) is 4.47 Å². The molecule has 0 fully saturated rings. The molecule has 0 atom stereocenters. The molecule has 0 aliphatic heterocycles. The Hall–Kier alpha value is -1.80. The Kier molecular flexibility index (Phi) is 7.44. The van der Waals surface area contributed by atoms with Crippen molar-refractivity contribution in [3.8, 4) is 11.8 Å². The van der Waals surface area contributed by atoms with Crippen molar-refractivity contribution in [2.75, 3.05) is 6.54 Å². The van der Waals surface area contributed by atoms with Crippen LogP contribution in [0.5, 0.6) is 0 Å². The van der Waals surface area contributed by atoms with Gasteiger partial charge >= 0.3 is 5.63 Å². The number of carbonyl (C=O) groups excluding carboxylic acids is 1. The highest BCUT2D eigenvalue weighted by molar-refractivity contribution is 9.10. The summed E-state index contributed by atoms with van der Waals surface area (Å²) in [5, 5.41) is 2.71. The Balaban J connectivity index is 2.23. The first-order chi connectivity index (χ1) is 9.63. The van der Waals surface area contributed by atoms with Crippen molar-refractivity contribution in [3.63, 3.8) is 0 Å². The van der Waals surface area contributed by atoms with Gasteiger partial charge in [0.25, 0.3) is 0 Å². The molecule has 4 nitrogen and oxygen atoms in total. The second-order valence-electron chi connectivity index (χ2n) is 4.07. The maximum atomic E-state index is 11.3. The quantitative estimate of drug-likeness (QED) is 0.493. The topological polar surface area (TPSA) is 59.3 Å². The third-order valence-electron chi connectivity index (χ3n) is 2.47. The molecule has 1 heterocycles. The first-order valence-corrected chi connectivity index (χ1v) is 7.10. The average molecular weight is 338 g/mol. The summed E-state index contributed by atoms with van der Waals surface area (Å²) < 4.78 is 5.47. The highest BCUT2D eigenvalue weighted by Gasteiger charge is 1.98. The van der Waals surface area contributed by atoms with E-state index in [2.05, 4.69) is 39.7 Å². The number of carbonyl (C=O) groups is 1. The van der Waals surface area contributed by atoms with Gasteiger partial charge in [0.2, 0.25) is 5.91 Å². The zero-order chi connectivity index (χ0) is 14.8. The molecule has 20 heavy (non-hydrogen) atoms. The molecule has 1 rings (SSSR count). The number of unbranched alkanes of at least 4 members (excludes halogenated alkanes) is 3. The lowest BCUT2D eigenvalue weighted by molar-refractivity contribution is -0.116. The zero-order valence-electron chi connectivity index (χ0n) is 11.1. The molecule has 0 saturated heterocycles. The van der Waals surface area contributed by atoms with Crippen molar-refractivity contribution in [2.45, 2.75) is 25.7 Å². The average Bonchev–Trinajstić information content (AvgIpc) is 2.44. The van der Waals surface area contributed by atoms with Crippen LogP contribution in [0.15, 0.2) is 38.7 Å². The summed E-state index contributed by atoms with van der Waals surface area (Å²) in [6.45, 7) is 4.02. The van der Waals surface area contributed by atoms with Gasteiger partial charge in [-0.2, -0.15) is 0 Å². The molecule has 1 amide bonds. The van der Waals surface area contributed by atoms with E-state index in [1.807, 2.05) is 0 Å². The van der Waals surface area contributed by atoms with Crippen molar-refractivity contribution in [1.29, 1.82) is 0 Å². The van der Waals surface area contributed by atoms with Crippen LogP contribution in [0, 0.1) is 11.8 Å². The van der Waals surface area contributed by atoms with Gasteiger partial charge in [0, 0.05) is 13.0 Å². The van der Waals surface area contributed by atoms with Crippen LogP contribution in [-0.4, -0.2) is 12.5 Å². The monoisotopic (exact) mass is 337 g/mol. The van der Waals surface area contributed by atoms with Crippen molar-refractivity contribution >= 4 is 21.8 Å². The summed E-state index contributed by atoms with van der Waals surface area (Å²) in [5.41, 5.74) is -0.0644. The van der Waals surface area contributed by atoms with Gasteiger partial charge in [-0.25, -0.2) is 4.79 Å². The van der Waals surface area contributed by atoms with E-state index in [1.54, 1.807) is 6.07 Å². The van der Waals surface area contributed by atoms with E-state index in [4.69, 9.17) is 4.42 Å². The molecule has 0 aliphatic rings. The smallest absolute Gasteiger partial charge is 0.351 e. The minimum Gasteiger partial charge on any atom is -0.429 e. The van der Waals surface area contributed by atoms with E-state index < -0.39 is 5.63 Å². The molecule has 0 unspecified atom stereocenters. The van der Waals surface area contributed by atoms with Crippen LogP contribution in [0.25, 0.3) is 0 Å². The predicted octanol–water partition coefficient (Wildman–Crippen LogP) is 2.62. The molecule has 1 aromatic heterocycles. The van der Waals surface area contributed by atoms with E-state index in [1.165, 1.54) is 12.3 Å². The minimum atomic E-state index is -0.423. The molecule has 0 bridgehead atoms. The van der Waals surface area contributed by atoms with Gasteiger partial charge in [-0.15, -0.1) is 0 Å². The van der Waals surface area contributed by atoms with Crippen LogP contribution in [0.2, 0.25) is 0 Å². The molecular weight excluding hydrogens is 322 g/mol. The first kappa shape index (κ1) is 16.3. The minimum absolute atomic E-state index is 0.147. The number of halogens is 1. The second-order valence-corrected chi connectivity index (χ2v) is 4.99. The second kappa shape index (κ2) is 9.16. The third-order valence-corrected chi connectivity index (χ3v) is 2.88. The van der Waals surface area contributed by atoms with Crippen LogP contribution in [0.4, 0.5) is 0 Å². The standard InChI is InChI=1S/C15H16BrNO3/c1-2-14(18)17-9-7-5-3-4-6-8-12-10-13(16)11-20-15(12)19/h2,10-11H,1,3-5,7,9H2,(H,17,18). The molecule has 0 aromatic carbocycles. The highest BCUT2D eigenvalue weighted by atomic mass is 79.9. The van der Waals surface area contributed by atoms with Crippen LogP contribution in [-0.2, 0) is 4.79 Å². The van der Waals surface area contributed by atoms with E-state index in [9.17, 15) is 9.59 Å². The van der Waals surface area contributed by atoms with Crippen molar-refractivity contribution in [2.24, 2.45) is 0 Å². The number of hydrogen-bond donors (Lipinski definition) is 1. The van der Waals surface area contributed by atoms with Gasteiger partial charge in [-0.1, -0.05) is 24.8 Å². The largest absolute Gasteiger partial charge is 0.429 e. The van der Waals surface area contributed by atoms with E-state index >= 15 is 0 Å². The summed E-state index contributed by atoms with van der Waals surface area (Å²) in [6.07, 6.45) is 6.11. The van der Waals surface area contributed by atoms with E-state index in [-0.39, 0.29) is 5.91 Å². The zero-order valence-corrected chi connectivity index (χ0v) is 12.7. The van der Waals surface area contributed by atoms with Gasteiger partial charge < -0.3 is 9.73 Å². The normalized spacial score (nSPS) is 9.45. The fourth-order valence-electron chi connectivity index (χ4n) is 1.45. The van der Waals surface area contributed by atoms with Crippen LogP contribution in [0.3, 0.4) is 0 Å². The Morgan fingerprint density at radius 2 is 2.25 bits per heavy atom. The number of rotatable bonds is 6. The van der Waals surface area contributed by atoms with Gasteiger partial charge in [-0.3, -0.25) is 4.79 Å². The molecule has 0 saturated carbocycles. The lowest BCUT2D eigenvalue weighted by atomic mass is 10.2. The Labute approximate surface area is 126 Å². The van der Waals surface area contributed by atoms with Crippen molar-refractivity contribution < 1.29 is 9.21 Å². The molecule has 5 heteroatoms. The Bertz CT molecular complexity index is 581. The SMILES string of the molecule is C=CC(=O)NCCCCCC#Cc1cc(Br)coc1=O. The molecule has 0 spiro atoms. The molecular formula is C15H16BrNO3. The molecule has 1 N–H and O–H groups in total. The third kappa shape index (κ3) is 6.39. The summed E-state index contributed by atoms with van der Waals surface area (Å²) in [5.74, 6) is 5.60. The van der Waals surface area contributed by atoms with E-state index in [0.717, 1.165) is 19.3 Å². The first-order valence-electron chi connectivity index (χ1n) is 6.31. The molecule has 0 radical (unpaired) electrons. The van der Waals surface area contributed by atoms with Crippen LogP contribution >= 0.6 is 15.9 Å². The Morgan fingerprint density at radius 3 is 3.00 bits per heavy atom. The summed E-state index contributed by atoms with van der Waals surface area (Å²) in [6, 6.07) is 1.64. The summed E-state index contributed by atoms with van der Waals surface area (Å²) in [7, 11) is 0. The maximum absolute atomic E-state index is 11.3. The maximum Gasteiger partial charge on any atom is 0.351 e. The fourth-order valence-corrected chi connectivity index (χ4v) is 1.77. The summed E-state index contributed by atoms with van der Waals surface area (Å²) >= 11 is 3.22. The number of nitrogens with one attached hydrogen (secondary N) is 1. The fraction of sp³-hybridized carbons (Fsp3) is 0.333. The molecule has 106 valence electrons. The highest BCUT2D eigenvalue weighted by Crippen LogP contribution is 2.07. The predicted molar refractivity (Wildman–Crippen MR) is 81.2 cm³/mol. The van der Waals surface area contributed by atoms with Crippen molar-refractivity contribution in [3.05, 3.63) is 45.4 Å². The Morgan fingerprint density at radius 1 is 1.45 bits per heavy atom. The van der Waals surface area contributed by atoms with E-state index in [0.29, 0.717) is 23.0 Å². The van der Waals surface area contributed by atoms with Gasteiger partial charge in [0.1, 0.15) is 11.8 Å².